The summed E-state index contributed by atoms with van der Waals surface area (Å²) in [5, 5.41) is 6.81. The van der Waals surface area contributed by atoms with Gasteiger partial charge in [0.05, 0.1) is 12.0 Å². The molecule has 2 N–H and O–H groups in total. The number of carbonyl (C=O) groups excluding carboxylic acids is 1. The monoisotopic (exact) mass is 291 g/mol. The number of carbonyl (C=O) groups is 1. The van der Waals surface area contributed by atoms with Crippen LogP contribution in [0.25, 0.3) is 0 Å². The van der Waals surface area contributed by atoms with Crippen molar-refractivity contribution in [2.24, 2.45) is 18.4 Å². The highest BCUT2D eigenvalue weighted by Gasteiger charge is 2.53. The third-order valence-corrected chi connectivity index (χ3v) is 4.90. The number of nitrogens with one attached hydrogen (secondary N) is 2. The lowest BCUT2D eigenvalue weighted by Gasteiger charge is -2.33. The number of hydrogen-bond acceptors (Lipinski definition) is 4. The third-order valence-electron chi connectivity index (χ3n) is 4.90. The normalized spacial score (nSPS) is 27.8. The van der Waals surface area contributed by atoms with E-state index in [0.717, 1.165) is 45.0 Å². The molecule has 1 aromatic heterocycles. The molecule has 0 radical (unpaired) electrons. The van der Waals surface area contributed by atoms with E-state index in [1.54, 1.807) is 6.20 Å². The van der Waals surface area contributed by atoms with Gasteiger partial charge in [-0.15, -0.1) is 0 Å². The molecule has 6 heteroatoms. The molecule has 2 aliphatic heterocycles. The number of hydrogen-bond donors (Lipinski definition) is 2. The molecule has 0 atom stereocenters. The summed E-state index contributed by atoms with van der Waals surface area (Å²) in [6.07, 6.45) is 4.69. The molecule has 0 saturated carbocycles. The van der Waals surface area contributed by atoms with Crippen LogP contribution >= 0.6 is 0 Å². The van der Waals surface area contributed by atoms with Gasteiger partial charge in [-0.3, -0.25) is 4.79 Å². The summed E-state index contributed by atoms with van der Waals surface area (Å²) in [6.45, 7) is 7.00. The van der Waals surface area contributed by atoms with Gasteiger partial charge < -0.3 is 20.1 Å². The van der Waals surface area contributed by atoms with Crippen molar-refractivity contribution in [3.05, 3.63) is 18.2 Å². The fourth-order valence-corrected chi connectivity index (χ4v) is 3.64. The summed E-state index contributed by atoms with van der Waals surface area (Å²) < 4.78 is 1.99. The van der Waals surface area contributed by atoms with Crippen LogP contribution in [0.2, 0.25) is 0 Å². The summed E-state index contributed by atoms with van der Waals surface area (Å²) in [6, 6.07) is 0. The fraction of sp³-hybridized carbons (Fsp3) is 0.733. The van der Waals surface area contributed by atoms with Gasteiger partial charge in [-0.25, -0.2) is 4.98 Å². The van der Waals surface area contributed by atoms with E-state index in [1.165, 1.54) is 0 Å². The highest BCUT2D eigenvalue weighted by atomic mass is 16.2. The van der Waals surface area contributed by atoms with Gasteiger partial charge in [0, 0.05) is 58.1 Å². The highest BCUT2D eigenvalue weighted by Crippen LogP contribution is 2.37. The van der Waals surface area contributed by atoms with Gasteiger partial charge in [-0.1, -0.05) is 6.92 Å². The molecule has 2 aliphatic rings. The first-order valence-electron chi connectivity index (χ1n) is 7.84. The maximum Gasteiger partial charge on any atom is 0.232 e. The first-order chi connectivity index (χ1) is 10.2. The zero-order valence-corrected chi connectivity index (χ0v) is 12.9. The van der Waals surface area contributed by atoms with Gasteiger partial charge in [0.1, 0.15) is 5.82 Å². The fourth-order valence-electron chi connectivity index (χ4n) is 3.64. The van der Waals surface area contributed by atoms with Crippen molar-refractivity contribution in [2.75, 3.05) is 32.7 Å². The van der Waals surface area contributed by atoms with Gasteiger partial charge in [-0.05, 0) is 6.42 Å². The second-order valence-corrected chi connectivity index (χ2v) is 6.30. The predicted molar refractivity (Wildman–Crippen MR) is 80.6 cm³/mol. The molecule has 0 aromatic carbocycles. The molecule has 1 aromatic rings. The van der Waals surface area contributed by atoms with Crippen LogP contribution in [0.5, 0.6) is 0 Å². The molecular formula is C15H25N5O. The Balaban J connectivity index is 1.80. The predicted octanol–water partition coefficient (Wildman–Crippen LogP) is -0.0323. The Morgan fingerprint density at radius 2 is 2.19 bits per heavy atom. The number of imidazole rings is 1. The summed E-state index contributed by atoms with van der Waals surface area (Å²) in [4.78, 5) is 19.5. The second-order valence-electron chi connectivity index (χ2n) is 6.30. The van der Waals surface area contributed by atoms with Crippen LogP contribution in [0.1, 0.15) is 19.2 Å². The van der Waals surface area contributed by atoms with Crippen LogP contribution < -0.4 is 10.6 Å². The average Bonchev–Trinajstić information content (AvgIpc) is 3.13. The van der Waals surface area contributed by atoms with E-state index in [-0.39, 0.29) is 11.3 Å². The smallest absolute Gasteiger partial charge is 0.232 e. The summed E-state index contributed by atoms with van der Waals surface area (Å²) >= 11 is 0. The maximum atomic E-state index is 13.2. The van der Waals surface area contributed by atoms with Gasteiger partial charge in [0.25, 0.3) is 0 Å². The van der Waals surface area contributed by atoms with Gasteiger partial charge in [-0.2, -0.15) is 0 Å². The minimum absolute atomic E-state index is 0.250. The highest BCUT2D eigenvalue weighted by molar-refractivity contribution is 5.84. The Labute approximate surface area is 125 Å². The van der Waals surface area contributed by atoms with Crippen LogP contribution in [-0.2, 0) is 18.4 Å². The zero-order chi connectivity index (χ0) is 14.9. The van der Waals surface area contributed by atoms with E-state index >= 15 is 0 Å². The van der Waals surface area contributed by atoms with E-state index in [9.17, 15) is 4.79 Å². The van der Waals surface area contributed by atoms with Crippen LogP contribution in [0.4, 0.5) is 0 Å². The lowest BCUT2D eigenvalue weighted by atomic mass is 9.79. The largest absolute Gasteiger partial charge is 0.337 e. The average molecular weight is 291 g/mol. The van der Waals surface area contributed by atoms with E-state index in [0.29, 0.717) is 12.5 Å². The third kappa shape index (κ3) is 2.46. The van der Waals surface area contributed by atoms with Crippen LogP contribution in [0.15, 0.2) is 12.4 Å². The van der Waals surface area contributed by atoms with E-state index < -0.39 is 0 Å². The van der Waals surface area contributed by atoms with Crippen molar-refractivity contribution in [1.82, 2.24) is 25.1 Å². The van der Waals surface area contributed by atoms with E-state index in [1.807, 2.05) is 22.7 Å². The maximum absolute atomic E-state index is 13.2. The molecular weight excluding hydrogens is 266 g/mol. The first-order valence-corrected chi connectivity index (χ1v) is 7.84. The molecule has 3 rings (SSSR count). The molecule has 3 heterocycles. The van der Waals surface area contributed by atoms with Crippen LogP contribution in [0, 0.1) is 11.3 Å². The number of nitrogens with zero attached hydrogens (tertiary/aromatic N) is 3. The Morgan fingerprint density at radius 1 is 1.48 bits per heavy atom. The summed E-state index contributed by atoms with van der Waals surface area (Å²) in [5.41, 5.74) is -0.250. The van der Waals surface area contributed by atoms with Crippen molar-refractivity contribution >= 4 is 5.91 Å². The molecule has 1 amide bonds. The quantitative estimate of drug-likeness (QED) is 0.800. The SMILES string of the molecule is CCCN(Cc1nccn1C)C(=O)C12CNCC1CNC2. The summed E-state index contributed by atoms with van der Waals surface area (Å²) in [5.74, 6) is 1.65. The van der Waals surface area contributed by atoms with Gasteiger partial charge in [0.2, 0.25) is 5.91 Å². The molecule has 2 fully saturated rings. The first kappa shape index (κ1) is 14.5. The number of aryl methyl sites for hydroxylation is 1. The number of aromatic nitrogens is 2. The molecule has 0 bridgehead atoms. The van der Waals surface area contributed by atoms with Crippen molar-refractivity contribution in [3.8, 4) is 0 Å². The molecule has 2 saturated heterocycles. The standard InChI is InChI=1S/C15H25N5O/c1-3-5-20(9-13-18-4-6-19(13)2)14(21)15-10-16-7-12(15)8-17-11-15/h4,6,12,16-17H,3,5,7-11H2,1-2H3. The van der Waals surface area contributed by atoms with E-state index in [2.05, 4.69) is 22.5 Å². The second kappa shape index (κ2) is 5.77. The van der Waals surface area contributed by atoms with Gasteiger partial charge in [0.15, 0.2) is 0 Å². The van der Waals surface area contributed by atoms with Crippen molar-refractivity contribution in [2.45, 2.75) is 19.9 Å². The van der Waals surface area contributed by atoms with Crippen LogP contribution in [-0.4, -0.2) is 53.1 Å². The number of rotatable bonds is 5. The zero-order valence-electron chi connectivity index (χ0n) is 12.9. The molecule has 0 aliphatic carbocycles. The Kier molecular flexibility index (Phi) is 3.99. The van der Waals surface area contributed by atoms with Crippen molar-refractivity contribution < 1.29 is 4.79 Å². The lowest BCUT2D eigenvalue weighted by molar-refractivity contribution is -0.142. The van der Waals surface area contributed by atoms with Gasteiger partial charge >= 0.3 is 0 Å². The van der Waals surface area contributed by atoms with Crippen molar-refractivity contribution in [3.63, 3.8) is 0 Å². The number of amides is 1. The van der Waals surface area contributed by atoms with Crippen molar-refractivity contribution in [1.29, 1.82) is 0 Å². The summed E-state index contributed by atoms with van der Waals surface area (Å²) in [7, 11) is 1.98. The molecule has 0 spiro atoms. The topological polar surface area (TPSA) is 62.2 Å². The molecule has 21 heavy (non-hydrogen) atoms. The molecule has 116 valence electrons. The Morgan fingerprint density at radius 3 is 2.76 bits per heavy atom. The van der Waals surface area contributed by atoms with E-state index in [4.69, 9.17) is 0 Å². The minimum Gasteiger partial charge on any atom is -0.337 e. The molecule has 6 nitrogen and oxygen atoms in total. The Bertz CT molecular complexity index is 502. The lowest BCUT2D eigenvalue weighted by Crippen LogP contribution is -2.49. The van der Waals surface area contributed by atoms with Crippen LogP contribution in [0.3, 0.4) is 0 Å². The Hall–Kier alpha value is -1.40. The number of fused-ring (bicyclic) bond motifs is 1. The minimum atomic E-state index is -0.250. The molecule has 0 unspecified atom stereocenters.